The summed E-state index contributed by atoms with van der Waals surface area (Å²) in [7, 11) is 0. The molecule has 2 atom stereocenters. The summed E-state index contributed by atoms with van der Waals surface area (Å²) in [4.78, 5) is 13.1. The number of piperidine rings is 1. The van der Waals surface area contributed by atoms with Crippen molar-refractivity contribution in [3.8, 4) is 11.5 Å². The zero-order valence-electron chi connectivity index (χ0n) is 10.9. The van der Waals surface area contributed by atoms with Gasteiger partial charge in [-0.1, -0.05) is 0 Å². The minimum absolute atomic E-state index is 0.0219. The molecule has 0 bridgehead atoms. The number of phenols is 2. The second-order valence-electron chi connectivity index (χ2n) is 5.13. The molecule has 1 aromatic rings. The second-order valence-corrected chi connectivity index (χ2v) is 5.13. The highest BCUT2D eigenvalue weighted by atomic mass is 16.4. The highest BCUT2D eigenvalue weighted by Gasteiger charge is 2.28. The fourth-order valence-corrected chi connectivity index (χ4v) is 2.63. The monoisotopic (exact) mass is 265 g/mol. The molecule has 1 aromatic carbocycles. The van der Waals surface area contributed by atoms with E-state index in [1.54, 1.807) is 12.1 Å². The molecule has 2 unspecified atom stereocenters. The molecule has 0 aromatic heterocycles. The summed E-state index contributed by atoms with van der Waals surface area (Å²) in [5.74, 6) is -1.04. The lowest BCUT2D eigenvalue weighted by Gasteiger charge is -2.35. The van der Waals surface area contributed by atoms with Crippen LogP contribution in [0.4, 0.5) is 0 Å². The van der Waals surface area contributed by atoms with Gasteiger partial charge in [0.1, 0.15) is 11.5 Å². The summed E-state index contributed by atoms with van der Waals surface area (Å²) < 4.78 is 0. The van der Waals surface area contributed by atoms with Crippen LogP contribution in [-0.4, -0.2) is 39.3 Å². The second kappa shape index (κ2) is 5.48. The molecule has 0 spiro atoms. The van der Waals surface area contributed by atoms with E-state index in [4.69, 9.17) is 5.11 Å². The van der Waals surface area contributed by atoms with Crippen LogP contribution < -0.4 is 0 Å². The van der Waals surface area contributed by atoms with Gasteiger partial charge >= 0.3 is 5.97 Å². The molecule has 5 nitrogen and oxygen atoms in total. The van der Waals surface area contributed by atoms with Gasteiger partial charge in [-0.05, 0) is 44.0 Å². The van der Waals surface area contributed by atoms with Gasteiger partial charge in [0, 0.05) is 18.7 Å². The highest BCUT2D eigenvalue weighted by Crippen LogP contribution is 2.31. The van der Waals surface area contributed by atoms with Crippen LogP contribution in [0.25, 0.3) is 0 Å². The largest absolute Gasteiger partial charge is 0.508 e. The van der Waals surface area contributed by atoms with E-state index in [0.717, 1.165) is 18.5 Å². The summed E-state index contributed by atoms with van der Waals surface area (Å²) >= 11 is 0. The Morgan fingerprint density at radius 3 is 2.53 bits per heavy atom. The molecule has 104 valence electrons. The van der Waals surface area contributed by atoms with Crippen LogP contribution >= 0.6 is 0 Å². The number of carboxylic acid groups (broad SMARTS) is 1. The molecule has 0 amide bonds. The minimum Gasteiger partial charge on any atom is -0.508 e. The number of benzene rings is 1. The number of phenolic OH excluding ortho intramolecular Hbond substituents is 2. The highest BCUT2D eigenvalue weighted by molar-refractivity contribution is 5.70. The normalized spacial score (nSPS) is 22.1. The van der Waals surface area contributed by atoms with Crippen molar-refractivity contribution in [3.63, 3.8) is 0 Å². The summed E-state index contributed by atoms with van der Waals surface area (Å²) in [6, 6.07) is 4.47. The molecule has 5 heteroatoms. The third kappa shape index (κ3) is 3.17. The van der Waals surface area contributed by atoms with E-state index >= 15 is 0 Å². The maximum absolute atomic E-state index is 11.1. The molecule has 0 saturated carbocycles. The smallest absolute Gasteiger partial charge is 0.307 e. The number of aromatic hydroxyl groups is 2. The predicted octanol–water partition coefficient (Wildman–Crippen LogP) is 1.96. The number of carboxylic acids is 1. The minimum atomic E-state index is -0.754. The maximum atomic E-state index is 11.1. The van der Waals surface area contributed by atoms with Gasteiger partial charge in [0.15, 0.2) is 0 Å². The summed E-state index contributed by atoms with van der Waals surface area (Å²) in [6.07, 6.45) is 1.57. The first kappa shape index (κ1) is 13.7. The Bertz CT molecular complexity index is 454. The lowest BCUT2D eigenvalue weighted by atomic mass is 9.95. The van der Waals surface area contributed by atoms with E-state index in [9.17, 15) is 15.0 Å². The van der Waals surface area contributed by atoms with Gasteiger partial charge in [-0.25, -0.2) is 0 Å². The van der Waals surface area contributed by atoms with Crippen molar-refractivity contribution in [2.45, 2.75) is 25.8 Å². The Hall–Kier alpha value is -1.75. The van der Waals surface area contributed by atoms with Crippen molar-refractivity contribution < 1.29 is 20.1 Å². The molecule has 0 aliphatic carbocycles. The SMILES string of the molecule is CC(c1cc(O)cc(O)c1)N1CCCC(C(=O)O)C1. The van der Waals surface area contributed by atoms with Gasteiger partial charge in [0.05, 0.1) is 5.92 Å². The molecule has 1 aliphatic rings. The lowest BCUT2D eigenvalue weighted by molar-refractivity contribution is -0.143. The standard InChI is InChI=1S/C14H19NO4/c1-9(11-5-12(16)7-13(17)6-11)15-4-2-3-10(8-15)14(18)19/h5-7,9-10,16-17H,2-4,8H2,1H3,(H,18,19). The van der Waals surface area contributed by atoms with Crippen molar-refractivity contribution in [3.05, 3.63) is 23.8 Å². The molecule has 1 saturated heterocycles. The molecule has 19 heavy (non-hydrogen) atoms. The van der Waals surface area contributed by atoms with Gasteiger partial charge < -0.3 is 15.3 Å². The summed E-state index contributed by atoms with van der Waals surface area (Å²) in [5.41, 5.74) is 0.795. The van der Waals surface area contributed by atoms with Crippen LogP contribution in [0.15, 0.2) is 18.2 Å². The Labute approximate surface area is 112 Å². The van der Waals surface area contributed by atoms with Gasteiger partial charge in [0.2, 0.25) is 0 Å². The van der Waals surface area contributed by atoms with Crippen molar-refractivity contribution in [2.24, 2.45) is 5.92 Å². The van der Waals surface area contributed by atoms with E-state index < -0.39 is 5.97 Å². The number of nitrogens with zero attached hydrogens (tertiary/aromatic N) is 1. The van der Waals surface area contributed by atoms with Crippen LogP contribution in [-0.2, 0) is 4.79 Å². The van der Waals surface area contributed by atoms with Gasteiger partial charge in [0.25, 0.3) is 0 Å². The first-order chi connectivity index (χ1) is 8.97. The summed E-state index contributed by atoms with van der Waals surface area (Å²) in [5, 5.41) is 28.1. The Morgan fingerprint density at radius 2 is 1.95 bits per heavy atom. The molecule has 2 rings (SSSR count). The van der Waals surface area contributed by atoms with Crippen LogP contribution in [0.1, 0.15) is 31.4 Å². The van der Waals surface area contributed by atoms with E-state index in [1.807, 2.05) is 6.92 Å². The topological polar surface area (TPSA) is 81.0 Å². The Morgan fingerprint density at radius 1 is 1.32 bits per heavy atom. The third-order valence-electron chi connectivity index (χ3n) is 3.76. The molecule has 0 radical (unpaired) electrons. The van der Waals surface area contributed by atoms with Crippen LogP contribution in [0, 0.1) is 5.92 Å². The fourth-order valence-electron chi connectivity index (χ4n) is 2.63. The number of likely N-dealkylation sites (tertiary alicyclic amines) is 1. The van der Waals surface area contributed by atoms with Crippen molar-refractivity contribution >= 4 is 5.97 Å². The van der Waals surface area contributed by atoms with E-state index in [1.165, 1.54) is 6.07 Å². The van der Waals surface area contributed by atoms with Crippen LogP contribution in [0.2, 0.25) is 0 Å². The molecule has 1 aliphatic heterocycles. The number of hydrogen-bond acceptors (Lipinski definition) is 4. The lowest BCUT2D eigenvalue weighted by Crippen LogP contribution is -2.40. The molecular formula is C14H19NO4. The van der Waals surface area contributed by atoms with Gasteiger partial charge in [-0.2, -0.15) is 0 Å². The van der Waals surface area contributed by atoms with Crippen molar-refractivity contribution in [2.75, 3.05) is 13.1 Å². The Kier molecular flexibility index (Phi) is 3.95. The molecule has 1 fully saturated rings. The van der Waals surface area contributed by atoms with Crippen molar-refractivity contribution in [1.29, 1.82) is 0 Å². The van der Waals surface area contributed by atoms with Crippen LogP contribution in [0.5, 0.6) is 11.5 Å². The maximum Gasteiger partial charge on any atom is 0.307 e. The predicted molar refractivity (Wildman–Crippen MR) is 70.1 cm³/mol. The zero-order valence-corrected chi connectivity index (χ0v) is 10.9. The first-order valence-corrected chi connectivity index (χ1v) is 6.47. The van der Waals surface area contributed by atoms with Gasteiger partial charge in [-0.3, -0.25) is 9.69 Å². The van der Waals surface area contributed by atoms with E-state index in [2.05, 4.69) is 4.90 Å². The third-order valence-corrected chi connectivity index (χ3v) is 3.76. The van der Waals surface area contributed by atoms with Crippen molar-refractivity contribution in [1.82, 2.24) is 4.90 Å². The average Bonchev–Trinajstić information content (AvgIpc) is 2.37. The Balaban J connectivity index is 2.14. The zero-order chi connectivity index (χ0) is 14.0. The molecular weight excluding hydrogens is 246 g/mol. The van der Waals surface area contributed by atoms with E-state index in [-0.39, 0.29) is 23.5 Å². The molecule has 1 heterocycles. The number of aliphatic carboxylic acids is 1. The number of hydrogen-bond donors (Lipinski definition) is 3. The van der Waals surface area contributed by atoms with Crippen LogP contribution in [0.3, 0.4) is 0 Å². The first-order valence-electron chi connectivity index (χ1n) is 6.47. The average molecular weight is 265 g/mol. The quantitative estimate of drug-likeness (QED) is 0.778. The van der Waals surface area contributed by atoms with E-state index in [0.29, 0.717) is 13.0 Å². The number of carbonyl (C=O) groups is 1. The fraction of sp³-hybridized carbons (Fsp3) is 0.500. The number of rotatable bonds is 3. The summed E-state index contributed by atoms with van der Waals surface area (Å²) in [6.45, 7) is 3.30. The molecule has 3 N–H and O–H groups in total. The van der Waals surface area contributed by atoms with Gasteiger partial charge in [-0.15, -0.1) is 0 Å².